The average Bonchev–Trinajstić information content (AvgIpc) is 2.77. The van der Waals surface area contributed by atoms with Crippen molar-refractivity contribution >= 4 is 23.2 Å². The molecule has 166 valence electrons. The molecular weight excluding hydrogens is 390 g/mol. The summed E-state index contributed by atoms with van der Waals surface area (Å²) in [6.45, 7) is 4.89. The van der Waals surface area contributed by atoms with Crippen LogP contribution in [-0.2, 0) is 4.79 Å². The molecule has 2 aromatic rings. The molecule has 0 bridgehead atoms. The van der Waals surface area contributed by atoms with E-state index in [1.807, 2.05) is 24.3 Å². The fraction of sp³-hybridized carbons (Fsp3) is 0.440. The molecule has 1 aliphatic rings. The van der Waals surface area contributed by atoms with E-state index in [0.29, 0.717) is 23.8 Å². The summed E-state index contributed by atoms with van der Waals surface area (Å²) < 4.78 is 5.81. The third kappa shape index (κ3) is 7.31. The van der Waals surface area contributed by atoms with Crippen LogP contribution in [0.15, 0.2) is 48.5 Å². The molecule has 3 rings (SSSR count). The molecule has 6 heteroatoms. The molecule has 1 saturated carbocycles. The Kier molecular flexibility index (Phi) is 8.33. The largest absolute Gasteiger partial charge is 0.491 e. The number of nitrogens with one attached hydrogen (secondary N) is 3. The number of hydrogen-bond acceptors (Lipinski definition) is 4. The lowest BCUT2D eigenvalue weighted by Crippen LogP contribution is -2.36. The van der Waals surface area contributed by atoms with Gasteiger partial charge in [-0.05, 0) is 49.1 Å². The monoisotopic (exact) mass is 423 g/mol. The molecule has 1 aliphatic carbocycles. The maximum atomic E-state index is 12.6. The Morgan fingerprint density at radius 2 is 1.81 bits per heavy atom. The lowest BCUT2D eigenvalue weighted by atomic mass is 9.95. The molecule has 2 aromatic carbocycles. The standard InChI is InChI=1S/C25H33N3O3/c1-18(2)17-31-23-14-7-6-13-22(23)26-16-24(29)27-21-12-8-9-19(15-21)25(30)28-20-10-4-3-5-11-20/h6-9,12-15,18,20,26H,3-5,10-11,16-17H2,1-2H3,(H,27,29)(H,28,30). The van der Waals surface area contributed by atoms with Crippen molar-refractivity contribution in [1.82, 2.24) is 5.32 Å². The van der Waals surface area contributed by atoms with Crippen LogP contribution in [0.1, 0.15) is 56.3 Å². The fourth-order valence-corrected chi connectivity index (χ4v) is 3.63. The first-order valence-corrected chi connectivity index (χ1v) is 11.2. The number of carbonyl (C=O) groups is 2. The molecule has 0 heterocycles. The van der Waals surface area contributed by atoms with Gasteiger partial charge in [0.15, 0.2) is 0 Å². The number of amides is 2. The van der Waals surface area contributed by atoms with E-state index in [1.165, 1.54) is 19.3 Å². The highest BCUT2D eigenvalue weighted by Crippen LogP contribution is 2.24. The second kappa shape index (κ2) is 11.4. The van der Waals surface area contributed by atoms with E-state index < -0.39 is 0 Å². The van der Waals surface area contributed by atoms with Crippen molar-refractivity contribution in [3.63, 3.8) is 0 Å². The van der Waals surface area contributed by atoms with Crippen molar-refractivity contribution in [1.29, 1.82) is 0 Å². The summed E-state index contributed by atoms with van der Waals surface area (Å²) in [5, 5.41) is 9.10. The van der Waals surface area contributed by atoms with E-state index in [1.54, 1.807) is 24.3 Å². The maximum absolute atomic E-state index is 12.6. The van der Waals surface area contributed by atoms with Crippen LogP contribution in [0.25, 0.3) is 0 Å². The normalized spacial score (nSPS) is 14.2. The second-order valence-corrected chi connectivity index (χ2v) is 8.49. The number of carbonyl (C=O) groups excluding carboxylic acids is 2. The number of rotatable bonds is 9. The van der Waals surface area contributed by atoms with E-state index >= 15 is 0 Å². The Hall–Kier alpha value is -3.02. The zero-order chi connectivity index (χ0) is 22.1. The number of para-hydroxylation sites is 2. The van der Waals surface area contributed by atoms with Gasteiger partial charge in [0.25, 0.3) is 5.91 Å². The highest BCUT2D eigenvalue weighted by Gasteiger charge is 2.17. The van der Waals surface area contributed by atoms with Gasteiger partial charge in [0, 0.05) is 17.3 Å². The van der Waals surface area contributed by atoms with Gasteiger partial charge < -0.3 is 20.7 Å². The Labute approximate surface area is 184 Å². The predicted octanol–water partition coefficient (Wildman–Crippen LogP) is 4.83. The molecular formula is C25H33N3O3. The first-order chi connectivity index (χ1) is 15.0. The van der Waals surface area contributed by atoms with Crippen LogP contribution < -0.4 is 20.7 Å². The minimum absolute atomic E-state index is 0.0858. The van der Waals surface area contributed by atoms with Gasteiger partial charge in [-0.2, -0.15) is 0 Å². The van der Waals surface area contributed by atoms with Crippen LogP contribution in [0.2, 0.25) is 0 Å². The average molecular weight is 424 g/mol. The summed E-state index contributed by atoms with van der Waals surface area (Å²) >= 11 is 0. The Morgan fingerprint density at radius 1 is 1.03 bits per heavy atom. The minimum atomic E-state index is -0.191. The van der Waals surface area contributed by atoms with E-state index in [9.17, 15) is 9.59 Å². The highest BCUT2D eigenvalue weighted by molar-refractivity contribution is 5.98. The molecule has 0 atom stereocenters. The number of hydrogen-bond donors (Lipinski definition) is 3. The molecule has 6 nitrogen and oxygen atoms in total. The molecule has 2 amide bonds. The van der Waals surface area contributed by atoms with Gasteiger partial charge in [-0.25, -0.2) is 0 Å². The predicted molar refractivity (Wildman–Crippen MR) is 125 cm³/mol. The summed E-state index contributed by atoms with van der Waals surface area (Å²) in [6, 6.07) is 14.9. The van der Waals surface area contributed by atoms with Crippen LogP contribution in [-0.4, -0.2) is 31.0 Å². The van der Waals surface area contributed by atoms with Gasteiger partial charge in [-0.1, -0.05) is 51.3 Å². The number of anilines is 2. The van der Waals surface area contributed by atoms with Gasteiger partial charge in [-0.15, -0.1) is 0 Å². The molecule has 0 aliphatic heterocycles. The summed E-state index contributed by atoms with van der Waals surface area (Å²) in [7, 11) is 0. The van der Waals surface area contributed by atoms with E-state index in [2.05, 4.69) is 29.8 Å². The van der Waals surface area contributed by atoms with Crippen LogP contribution in [0, 0.1) is 5.92 Å². The third-order valence-electron chi connectivity index (χ3n) is 5.25. The first-order valence-electron chi connectivity index (χ1n) is 11.2. The molecule has 0 aromatic heterocycles. The molecule has 0 saturated heterocycles. The first kappa shape index (κ1) is 22.7. The Bertz CT molecular complexity index is 876. The molecule has 1 fully saturated rings. The van der Waals surface area contributed by atoms with Gasteiger partial charge >= 0.3 is 0 Å². The smallest absolute Gasteiger partial charge is 0.251 e. The molecule has 31 heavy (non-hydrogen) atoms. The molecule has 3 N–H and O–H groups in total. The van der Waals surface area contributed by atoms with Gasteiger partial charge in [0.2, 0.25) is 5.91 Å². The zero-order valence-electron chi connectivity index (χ0n) is 18.4. The van der Waals surface area contributed by atoms with Crippen molar-refractivity contribution in [2.75, 3.05) is 23.8 Å². The zero-order valence-corrected chi connectivity index (χ0v) is 18.4. The van der Waals surface area contributed by atoms with Crippen LogP contribution >= 0.6 is 0 Å². The van der Waals surface area contributed by atoms with Gasteiger partial charge in [-0.3, -0.25) is 9.59 Å². The Morgan fingerprint density at radius 3 is 2.58 bits per heavy atom. The number of benzene rings is 2. The topological polar surface area (TPSA) is 79.5 Å². The quantitative estimate of drug-likeness (QED) is 0.539. The van der Waals surface area contributed by atoms with Crippen molar-refractivity contribution in [3.8, 4) is 5.75 Å². The van der Waals surface area contributed by atoms with Gasteiger partial charge in [0.05, 0.1) is 18.8 Å². The highest BCUT2D eigenvalue weighted by atomic mass is 16.5. The van der Waals surface area contributed by atoms with Crippen LogP contribution in [0.4, 0.5) is 11.4 Å². The summed E-state index contributed by atoms with van der Waals surface area (Å²) in [6.07, 6.45) is 5.65. The molecule has 0 radical (unpaired) electrons. The van der Waals surface area contributed by atoms with Crippen LogP contribution in [0.3, 0.4) is 0 Å². The van der Waals surface area contributed by atoms with E-state index in [0.717, 1.165) is 24.3 Å². The molecule has 0 unspecified atom stereocenters. The van der Waals surface area contributed by atoms with E-state index in [-0.39, 0.29) is 24.4 Å². The Balaban J connectivity index is 1.53. The second-order valence-electron chi connectivity index (χ2n) is 8.49. The van der Waals surface area contributed by atoms with Crippen molar-refractivity contribution in [2.45, 2.75) is 52.0 Å². The van der Waals surface area contributed by atoms with Crippen molar-refractivity contribution in [2.24, 2.45) is 5.92 Å². The lowest BCUT2D eigenvalue weighted by Gasteiger charge is -2.22. The number of ether oxygens (including phenoxy) is 1. The van der Waals surface area contributed by atoms with Crippen molar-refractivity contribution < 1.29 is 14.3 Å². The fourth-order valence-electron chi connectivity index (χ4n) is 3.63. The van der Waals surface area contributed by atoms with Crippen molar-refractivity contribution in [3.05, 3.63) is 54.1 Å². The SMILES string of the molecule is CC(C)COc1ccccc1NCC(=O)Nc1cccc(C(=O)NC2CCCCC2)c1. The summed E-state index contributed by atoms with van der Waals surface area (Å²) in [5.41, 5.74) is 1.94. The van der Waals surface area contributed by atoms with Gasteiger partial charge in [0.1, 0.15) is 5.75 Å². The summed E-state index contributed by atoms with van der Waals surface area (Å²) in [4.78, 5) is 25.0. The molecule has 0 spiro atoms. The minimum Gasteiger partial charge on any atom is -0.491 e. The van der Waals surface area contributed by atoms with Crippen LogP contribution in [0.5, 0.6) is 5.75 Å². The summed E-state index contributed by atoms with van der Waals surface area (Å²) in [5.74, 6) is 0.866. The lowest BCUT2D eigenvalue weighted by molar-refractivity contribution is -0.114. The third-order valence-corrected chi connectivity index (χ3v) is 5.25. The maximum Gasteiger partial charge on any atom is 0.251 e. The van der Waals surface area contributed by atoms with E-state index in [4.69, 9.17) is 4.74 Å².